The highest BCUT2D eigenvalue weighted by Crippen LogP contribution is 2.33. The summed E-state index contributed by atoms with van der Waals surface area (Å²) in [5, 5.41) is 16.3. The molecule has 4 aromatic rings. The molecule has 3 aromatic carbocycles. The molecular formula is C27H27N5O. The number of carbonyl (C=O) groups excluding carboxylic acids is 1. The van der Waals surface area contributed by atoms with E-state index in [9.17, 15) is 4.79 Å². The van der Waals surface area contributed by atoms with E-state index >= 15 is 0 Å². The number of rotatable bonds is 5. The average Bonchev–Trinajstić information content (AvgIpc) is 3.23. The molecule has 0 saturated carbocycles. The number of fused-ring (bicyclic) bond motifs is 2. The number of nitrogens with zero attached hydrogens (tertiary/aromatic N) is 5. The molecule has 1 fully saturated rings. The van der Waals surface area contributed by atoms with Gasteiger partial charge in [0, 0.05) is 50.6 Å². The monoisotopic (exact) mass is 437 g/mol. The SMILES string of the molecule is Cn1ncc2cc(-c3ccc(C(=O)N4CCN(CCCC#N)CC4)c4ccccc34)ccc21. The van der Waals surface area contributed by atoms with Crippen LogP contribution in [0.2, 0.25) is 0 Å². The van der Waals surface area contributed by atoms with Crippen molar-refractivity contribution in [2.24, 2.45) is 7.05 Å². The first-order valence-corrected chi connectivity index (χ1v) is 11.5. The van der Waals surface area contributed by atoms with E-state index in [1.165, 1.54) is 0 Å². The quantitative estimate of drug-likeness (QED) is 0.433. The molecule has 1 saturated heterocycles. The highest BCUT2D eigenvalue weighted by molar-refractivity contribution is 6.11. The third kappa shape index (κ3) is 4.08. The molecule has 0 radical (unpaired) electrons. The molecule has 0 spiro atoms. The van der Waals surface area contributed by atoms with E-state index in [-0.39, 0.29) is 5.91 Å². The summed E-state index contributed by atoms with van der Waals surface area (Å²) in [6.07, 6.45) is 3.37. The van der Waals surface area contributed by atoms with Gasteiger partial charge >= 0.3 is 0 Å². The van der Waals surface area contributed by atoms with Crippen LogP contribution in [0.5, 0.6) is 0 Å². The minimum absolute atomic E-state index is 0.0946. The molecule has 0 N–H and O–H groups in total. The van der Waals surface area contributed by atoms with E-state index in [0.29, 0.717) is 6.42 Å². The molecule has 1 aliphatic heterocycles. The largest absolute Gasteiger partial charge is 0.336 e. The van der Waals surface area contributed by atoms with Gasteiger partial charge in [0.15, 0.2) is 0 Å². The fourth-order valence-electron chi connectivity index (χ4n) is 4.80. The molecule has 5 rings (SSSR count). The summed E-state index contributed by atoms with van der Waals surface area (Å²) in [7, 11) is 1.95. The first kappa shape index (κ1) is 21.2. The molecule has 33 heavy (non-hydrogen) atoms. The summed E-state index contributed by atoms with van der Waals surface area (Å²) in [6.45, 7) is 4.09. The number of piperazine rings is 1. The Morgan fingerprint density at radius 3 is 2.61 bits per heavy atom. The summed E-state index contributed by atoms with van der Waals surface area (Å²) in [6, 6.07) is 20.8. The average molecular weight is 438 g/mol. The van der Waals surface area contributed by atoms with E-state index in [0.717, 1.165) is 77.5 Å². The molecule has 6 nitrogen and oxygen atoms in total. The Morgan fingerprint density at radius 1 is 1.03 bits per heavy atom. The Morgan fingerprint density at radius 2 is 1.82 bits per heavy atom. The van der Waals surface area contributed by atoms with Gasteiger partial charge in [0.1, 0.15) is 0 Å². The molecular weight excluding hydrogens is 410 g/mol. The molecule has 6 heteroatoms. The van der Waals surface area contributed by atoms with Crippen molar-refractivity contribution >= 4 is 27.6 Å². The Bertz CT molecular complexity index is 1360. The van der Waals surface area contributed by atoms with Gasteiger partial charge in [-0.25, -0.2) is 0 Å². The Hall–Kier alpha value is -3.69. The zero-order chi connectivity index (χ0) is 22.8. The van der Waals surface area contributed by atoms with Gasteiger partial charge in [-0.2, -0.15) is 10.4 Å². The number of hydrogen-bond donors (Lipinski definition) is 0. The van der Waals surface area contributed by atoms with Crippen LogP contribution in [0.4, 0.5) is 0 Å². The number of aromatic nitrogens is 2. The molecule has 0 unspecified atom stereocenters. The van der Waals surface area contributed by atoms with Crippen molar-refractivity contribution in [3.8, 4) is 17.2 Å². The van der Waals surface area contributed by atoms with Crippen LogP contribution in [0.25, 0.3) is 32.8 Å². The lowest BCUT2D eigenvalue weighted by atomic mass is 9.94. The summed E-state index contributed by atoms with van der Waals surface area (Å²) >= 11 is 0. The van der Waals surface area contributed by atoms with Crippen LogP contribution < -0.4 is 0 Å². The van der Waals surface area contributed by atoms with E-state index in [2.05, 4.69) is 46.4 Å². The third-order valence-electron chi connectivity index (χ3n) is 6.63. The van der Waals surface area contributed by atoms with Crippen LogP contribution >= 0.6 is 0 Å². The fourth-order valence-corrected chi connectivity index (χ4v) is 4.80. The topological polar surface area (TPSA) is 65.2 Å². The Kier molecular flexibility index (Phi) is 5.80. The van der Waals surface area contributed by atoms with Gasteiger partial charge in [0.25, 0.3) is 5.91 Å². The molecule has 166 valence electrons. The lowest BCUT2D eigenvalue weighted by Gasteiger charge is -2.35. The van der Waals surface area contributed by atoms with Gasteiger partial charge in [0.05, 0.1) is 17.8 Å². The van der Waals surface area contributed by atoms with Gasteiger partial charge in [-0.1, -0.05) is 36.4 Å². The van der Waals surface area contributed by atoms with Crippen molar-refractivity contribution in [1.82, 2.24) is 19.6 Å². The molecule has 1 aromatic heterocycles. The van der Waals surface area contributed by atoms with Crippen molar-refractivity contribution in [3.05, 3.63) is 66.4 Å². The van der Waals surface area contributed by atoms with Crippen LogP contribution in [-0.4, -0.2) is 58.2 Å². The van der Waals surface area contributed by atoms with E-state index in [1.807, 2.05) is 47.1 Å². The highest BCUT2D eigenvalue weighted by Gasteiger charge is 2.23. The number of benzene rings is 3. The van der Waals surface area contributed by atoms with Crippen molar-refractivity contribution in [2.45, 2.75) is 12.8 Å². The Labute approximate surface area is 193 Å². The number of unbranched alkanes of at least 4 members (excludes halogenated alkanes) is 1. The molecule has 0 aliphatic carbocycles. The molecule has 2 heterocycles. The van der Waals surface area contributed by atoms with Crippen LogP contribution in [0, 0.1) is 11.3 Å². The molecule has 0 atom stereocenters. The smallest absolute Gasteiger partial charge is 0.254 e. The van der Waals surface area contributed by atoms with Crippen molar-refractivity contribution in [3.63, 3.8) is 0 Å². The molecule has 1 aliphatic rings. The van der Waals surface area contributed by atoms with Crippen LogP contribution in [0.15, 0.2) is 60.8 Å². The van der Waals surface area contributed by atoms with E-state index in [4.69, 9.17) is 5.26 Å². The first-order chi connectivity index (χ1) is 16.2. The standard InChI is InChI=1S/C27H27N5O/c1-30-26-11-8-20(18-21(26)19-29-30)22-9-10-25(24-7-3-2-6-23(22)24)27(33)32-16-14-31(15-17-32)13-5-4-12-28/h2-3,6-11,18-19H,4-5,13-17H2,1H3. The zero-order valence-corrected chi connectivity index (χ0v) is 18.9. The van der Waals surface area contributed by atoms with Crippen LogP contribution in [0.3, 0.4) is 0 Å². The predicted molar refractivity (Wildman–Crippen MR) is 131 cm³/mol. The van der Waals surface area contributed by atoms with E-state index in [1.54, 1.807) is 0 Å². The zero-order valence-electron chi connectivity index (χ0n) is 18.9. The first-order valence-electron chi connectivity index (χ1n) is 11.5. The highest BCUT2D eigenvalue weighted by atomic mass is 16.2. The van der Waals surface area contributed by atoms with Crippen molar-refractivity contribution < 1.29 is 4.79 Å². The molecule has 1 amide bonds. The second kappa shape index (κ2) is 9.05. The summed E-state index contributed by atoms with van der Waals surface area (Å²) in [5.41, 5.74) is 4.10. The number of carbonyl (C=O) groups is 1. The molecule has 0 bridgehead atoms. The lowest BCUT2D eigenvalue weighted by Crippen LogP contribution is -2.48. The fraction of sp³-hybridized carbons (Fsp3) is 0.296. The minimum atomic E-state index is 0.0946. The summed E-state index contributed by atoms with van der Waals surface area (Å²) in [5.74, 6) is 0.0946. The van der Waals surface area contributed by atoms with Crippen molar-refractivity contribution in [2.75, 3.05) is 32.7 Å². The maximum absolute atomic E-state index is 13.5. The number of amides is 1. The minimum Gasteiger partial charge on any atom is -0.336 e. The van der Waals surface area contributed by atoms with Gasteiger partial charge in [-0.3, -0.25) is 14.4 Å². The number of hydrogen-bond acceptors (Lipinski definition) is 4. The summed E-state index contributed by atoms with van der Waals surface area (Å²) < 4.78 is 1.88. The second-order valence-electron chi connectivity index (χ2n) is 8.64. The number of aryl methyl sites for hydroxylation is 1. The van der Waals surface area contributed by atoms with Gasteiger partial charge in [-0.05, 0) is 53.1 Å². The third-order valence-corrected chi connectivity index (χ3v) is 6.63. The summed E-state index contributed by atoms with van der Waals surface area (Å²) in [4.78, 5) is 17.8. The van der Waals surface area contributed by atoms with Gasteiger partial charge in [0.2, 0.25) is 0 Å². The van der Waals surface area contributed by atoms with E-state index < -0.39 is 0 Å². The second-order valence-corrected chi connectivity index (χ2v) is 8.64. The Balaban J connectivity index is 1.42. The van der Waals surface area contributed by atoms with Crippen LogP contribution in [-0.2, 0) is 7.05 Å². The van der Waals surface area contributed by atoms with Gasteiger partial charge in [-0.15, -0.1) is 0 Å². The predicted octanol–water partition coefficient (Wildman–Crippen LogP) is 4.46. The lowest BCUT2D eigenvalue weighted by molar-refractivity contribution is 0.0638. The normalized spacial score (nSPS) is 14.6. The maximum atomic E-state index is 13.5. The number of nitriles is 1. The van der Waals surface area contributed by atoms with Crippen LogP contribution in [0.1, 0.15) is 23.2 Å². The van der Waals surface area contributed by atoms with Crippen molar-refractivity contribution in [1.29, 1.82) is 5.26 Å². The maximum Gasteiger partial charge on any atom is 0.254 e. The van der Waals surface area contributed by atoms with Gasteiger partial charge < -0.3 is 4.90 Å².